The van der Waals surface area contributed by atoms with Crippen LogP contribution in [-0.2, 0) is 4.74 Å². The highest BCUT2D eigenvalue weighted by Crippen LogP contribution is 2.32. The van der Waals surface area contributed by atoms with Crippen molar-refractivity contribution >= 4 is 0 Å². The summed E-state index contributed by atoms with van der Waals surface area (Å²) in [5.41, 5.74) is 1.45. The largest absolute Gasteiger partial charge is 0.389 e. The van der Waals surface area contributed by atoms with E-state index in [-0.39, 0.29) is 12.2 Å². The lowest BCUT2D eigenvalue weighted by molar-refractivity contribution is -0.0141. The molecule has 3 atom stereocenters. The number of hydrogen-bond donors (Lipinski definition) is 1. The molecule has 1 fully saturated rings. The average molecular weight is 291 g/mol. The molecule has 1 aliphatic rings. The molecule has 0 amide bonds. The zero-order valence-electron chi connectivity index (χ0n) is 13.5. The molecule has 1 aliphatic heterocycles. The van der Waals surface area contributed by atoms with Crippen molar-refractivity contribution in [2.45, 2.75) is 45.3 Å². The molecule has 0 spiro atoms. The van der Waals surface area contributed by atoms with Crippen molar-refractivity contribution in [1.29, 1.82) is 0 Å². The molecule has 0 aliphatic carbocycles. The molecule has 0 saturated carbocycles. The summed E-state index contributed by atoms with van der Waals surface area (Å²) in [6.07, 6.45) is 0.971. The van der Waals surface area contributed by atoms with Gasteiger partial charge in [0.2, 0.25) is 0 Å². The Kier molecular flexibility index (Phi) is 6.22. The van der Waals surface area contributed by atoms with E-state index in [2.05, 4.69) is 42.2 Å². The third kappa shape index (κ3) is 5.10. The van der Waals surface area contributed by atoms with Crippen LogP contribution in [0.4, 0.5) is 0 Å². The third-order valence-corrected chi connectivity index (χ3v) is 4.31. The Morgan fingerprint density at radius 3 is 2.62 bits per heavy atom. The van der Waals surface area contributed by atoms with Crippen molar-refractivity contribution in [2.75, 3.05) is 26.2 Å². The van der Waals surface area contributed by atoms with Crippen molar-refractivity contribution in [3.8, 4) is 0 Å². The second kappa shape index (κ2) is 7.92. The van der Waals surface area contributed by atoms with Gasteiger partial charge in [-0.25, -0.2) is 0 Å². The predicted molar refractivity (Wildman–Crippen MR) is 86.5 cm³/mol. The molecule has 0 bridgehead atoms. The molecule has 3 heteroatoms. The van der Waals surface area contributed by atoms with Gasteiger partial charge < -0.3 is 14.7 Å². The Hall–Kier alpha value is -0.900. The van der Waals surface area contributed by atoms with Gasteiger partial charge in [0.15, 0.2) is 0 Å². The smallest absolute Gasteiger partial charge is 0.0900 e. The number of ether oxygens (including phenoxy) is 1. The molecule has 0 radical (unpaired) electrons. The summed E-state index contributed by atoms with van der Waals surface area (Å²) in [4.78, 5) is 2.37. The molecule has 1 heterocycles. The van der Waals surface area contributed by atoms with Crippen molar-refractivity contribution in [1.82, 2.24) is 4.90 Å². The van der Waals surface area contributed by atoms with E-state index in [0.717, 1.165) is 19.6 Å². The van der Waals surface area contributed by atoms with Crippen molar-refractivity contribution in [3.05, 3.63) is 35.9 Å². The fourth-order valence-electron chi connectivity index (χ4n) is 3.25. The van der Waals surface area contributed by atoms with Crippen LogP contribution in [0.3, 0.4) is 0 Å². The lowest BCUT2D eigenvalue weighted by Crippen LogP contribution is -2.43. The minimum absolute atomic E-state index is 0.183. The summed E-state index contributed by atoms with van der Waals surface area (Å²) in [5.74, 6) is 1.27. The summed E-state index contributed by atoms with van der Waals surface area (Å²) >= 11 is 0. The van der Waals surface area contributed by atoms with Gasteiger partial charge in [0.1, 0.15) is 0 Å². The molecule has 2 rings (SSSR count). The lowest BCUT2D eigenvalue weighted by atomic mass is 9.81. The van der Waals surface area contributed by atoms with Crippen LogP contribution in [0.25, 0.3) is 0 Å². The van der Waals surface area contributed by atoms with Crippen LogP contribution in [0.5, 0.6) is 0 Å². The van der Waals surface area contributed by atoms with Gasteiger partial charge in [-0.2, -0.15) is 0 Å². The maximum Gasteiger partial charge on any atom is 0.0900 e. The van der Waals surface area contributed by atoms with E-state index in [9.17, 15) is 5.11 Å². The Bertz CT molecular complexity index is 407. The zero-order chi connectivity index (χ0) is 15.2. The number of β-amino-alcohol motifs (C(OH)–C–C–N with tert-alkyl or cyclic N) is 1. The van der Waals surface area contributed by atoms with E-state index in [1.165, 1.54) is 12.0 Å². The van der Waals surface area contributed by atoms with Gasteiger partial charge in [0, 0.05) is 13.1 Å². The molecular formula is C18H29NO2. The Balaban J connectivity index is 1.81. The average Bonchev–Trinajstić information content (AvgIpc) is 2.46. The summed E-state index contributed by atoms with van der Waals surface area (Å²) in [5, 5.41) is 10.1. The summed E-state index contributed by atoms with van der Waals surface area (Å²) < 4.78 is 5.49. The topological polar surface area (TPSA) is 32.7 Å². The van der Waals surface area contributed by atoms with Crippen LogP contribution >= 0.6 is 0 Å². The Morgan fingerprint density at radius 1 is 1.29 bits per heavy atom. The predicted octanol–water partition coefficient (Wildman–Crippen LogP) is 2.90. The second-order valence-electron chi connectivity index (χ2n) is 6.58. The highest BCUT2D eigenvalue weighted by molar-refractivity contribution is 5.20. The SMILES string of the molecule is CC(C)OCC(O)CN1CCC(c2ccccc2)C(C)C1. The van der Waals surface area contributed by atoms with E-state index in [0.29, 0.717) is 18.4 Å². The number of benzene rings is 1. The van der Waals surface area contributed by atoms with Gasteiger partial charge in [-0.05, 0) is 44.2 Å². The maximum atomic E-state index is 10.1. The van der Waals surface area contributed by atoms with E-state index in [1.807, 2.05) is 13.8 Å². The molecule has 3 unspecified atom stereocenters. The number of aliphatic hydroxyl groups excluding tert-OH is 1. The minimum atomic E-state index is -0.382. The van der Waals surface area contributed by atoms with Crippen molar-refractivity contribution < 1.29 is 9.84 Å². The number of hydrogen-bond acceptors (Lipinski definition) is 3. The van der Waals surface area contributed by atoms with Crippen molar-refractivity contribution in [3.63, 3.8) is 0 Å². The highest BCUT2D eigenvalue weighted by Gasteiger charge is 2.28. The maximum absolute atomic E-state index is 10.1. The number of likely N-dealkylation sites (tertiary alicyclic amines) is 1. The van der Waals surface area contributed by atoms with Gasteiger partial charge in [-0.3, -0.25) is 0 Å². The molecule has 118 valence electrons. The van der Waals surface area contributed by atoms with Crippen LogP contribution < -0.4 is 0 Å². The van der Waals surface area contributed by atoms with E-state index in [4.69, 9.17) is 4.74 Å². The lowest BCUT2D eigenvalue weighted by Gasteiger charge is -2.38. The first-order chi connectivity index (χ1) is 10.1. The number of rotatable bonds is 6. The van der Waals surface area contributed by atoms with Crippen LogP contribution in [0.2, 0.25) is 0 Å². The molecule has 1 aromatic carbocycles. The van der Waals surface area contributed by atoms with E-state index >= 15 is 0 Å². The van der Waals surface area contributed by atoms with Gasteiger partial charge >= 0.3 is 0 Å². The standard InChI is InChI=1S/C18H29NO2/c1-14(2)21-13-17(20)12-19-10-9-18(15(3)11-19)16-7-5-4-6-8-16/h4-8,14-15,17-18,20H,9-13H2,1-3H3. The van der Waals surface area contributed by atoms with Crippen LogP contribution in [-0.4, -0.2) is 48.5 Å². The van der Waals surface area contributed by atoms with E-state index in [1.54, 1.807) is 0 Å². The first kappa shape index (κ1) is 16.5. The monoisotopic (exact) mass is 291 g/mol. The fourth-order valence-corrected chi connectivity index (χ4v) is 3.25. The third-order valence-electron chi connectivity index (χ3n) is 4.31. The quantitative estimate of drug-likeness (QED) is 0.875. The van der Waals surface area contributed by atoms with Gasteiger partial charge in [0.25, 0.3) is 0 Å². The fraction of sp³-hybridized carbons (Fsp3) is 0.667. The van der Waals surface area contributed by atoms with Gasteiger partial charge in [-0.15, -0.1) is 0 Å². The van der Waals surface area contributed by atoms with Crippen LogP contribution in [0, 0.1) is 5.92 Å². The molecular weight excluding hydrogens is 262 g/mol. The number of nitrogens with zero attached hydrogens (tertiary/aromatic N) is 1. The highest BCUT2D eigenvalue weighted by atomic mass is 16.5. The molecule has 1 saturated heterocycles. The first-order valence-corrected chi connectivity index (χ1v) is 8.13. The molecule has 3 nitrogen and oxygen atoms in total. The van der Waals surface area contributed by atoms with Crippen LogP contribution in [0.1, 0.15) is 38.7 Å². The van der Waals surface area contributed by atoms with Gasteiger partial charge in [0.05, 0.1) is 18.8 Å². The Morgan fingerprint density at radius 2 is 2.00 bits per heavy atom. The number of aliphatic hydroxyl groups is 1. The molecule has 0 aromatic heterocycles. The molecule has 21 heavy (non-hydrogen) atoms. The van der Waals surface area contributed by atoms with E-state index < -0.39 is 0 Å². The second-order valence-corrected chi connectivity index (χ2v) is 6.58. The normalized spacial score (nSPS) is 25.2. The molecule has 1 N–H and O–H groups in total. The van der Waals surface area contributed by atoms with Crippen LogP contribution in [0.15, 0.2) is 30.3 Å². The summed E-state index contributed by atoms with van der Waals surface area (Å²) in [6, 6.07) is 10.8. The molecule has 1 aromatic rings. The summed E-state index contributed by atoms with van der Waals surface area (Å²) in [7, 11) is 0. The Labute approximate surface area is 128 Å². The van der Waals surface area contributed by atoms with Gasteiger partial charge in [-0.1, -0.05) is 37.3 Å². The number of piperidine rings is 1. The summed E-state index contributed by atoms with van der Waals surface area (Å²) in [6.45, 7) is 9.59. The zero-order valence-corrected chi connectivity index (χ0v) is 13.5. The minimum Gasteiger partial charge on any atom is -0.389 e. The first-order valence-electron chi connectivity index (χ1n) is 8.13. The van der Waals surface area contributed by atoms with Crippen molar-refractivity contribution in [2.24, 2.45) is 5.92 Å².